The van der Waals surface area contributed by atoms with E-state index >= 15 is 0 Å². The Balaban J connectivity index is 1.66. The third kappa shape index (κ3) is 4.46. The average Bonchev–Trinajstić information content (AvgIpc) is 3.10. The molecule has 3 rings (SSSR count). The van der Waals surface area contributed by atoms with Gasteiger partial charge in [-0.1, -0.05) is 37.6 Å². The first-order chi connectivity index (χ1) is 13.4. The van der Waals surface area contributed by atoms with E-state index in [1.165, 1.54) is 11.1 Å². The molecule has 5 nitrogen and oxygen atoms in total. The van der Waals surface area contributed by atoms with E-state index in [0.29, 0.717) is 28.2 Å². The van der Waals surface area contributed by atoms with Crippen molar-refractivity contribution in [2.24, 2.45) is 5.92 Å². The Morgan fingerprint density at radius 2 is 2.00 bits per heavy atom. The minimum atomic E-state index is -0.221. The number of hydrogen-bond acceptors (Lipinski definition) is 4. The van der Waals surface area contributed by atoms with E-state index < -0.39 is 0 Å². The molecular weight excluding hydrogens is 372 g/mol. The molecule has 1 amide bonds. The van der Waals surface area contributed by atoms with E-state index in [-0.39, 0.29) is 12.5 Å². The van der Waals surface area contributed by atoms with Crippen LogP contribution < -0.4 is 10.6 Å². The van der Waals surface area contributed by atoms with Crippen molar-refractivity contribution < 1.29 is 4.79 Å². The first-order valence-electron chi connectivity index (χ1n) is 9.47. The zero-order valence-corrected chi connectivity index (χ0v) is 17.2. The van der Waals surface area contributed by atoms with Gasteiger partial charge < -0.3 is 10.6 Å². The van der Waals surface area contributed by atoms with Crippen LogP contribution in [-0.4, -0.2) is 23.4 Å². The van der Waals surface area contributed by atoms with E-state index in [4.69, 9.17) is 11.6 Å². The monoisotopic (exact) mass is 396 g/mol. The van der Waals surface area contributed by atoms with Crippen molar-refractivity contribution in [1.29, 1.82) is 5.26 Å². The molecule has 1 atom stereocenters. The summed E-state index contributed by atoms with van der Waals surface area (Å²) in [6, 6.07) is 13.6. The highest BCUT2D eigenvalue weighted by molar-refractivity contribution is 6.31. The van der Waals surface area contributed by atoms with Crippen LogP contribution in [0.15, 0.2) is 36.4 Å². The zero-order valence-electron chi connectivity index (χ0n) is 16.4. The average molecular weight is 397 g/mol. The number of fused-ring (bicyclic) bond motifs is 1. The summed E-state index contributed by atoms with van der Waals surface area (Å²) in [5.41, 5.74) is 4.36. The molecule has 2 aromatic rings. The molecule has 2 N–H and O–H groups in total. The van der Waals surface area contributed by atoms with Gasteiger partial charge in [-0.2, -0.15) is 5.26 Å². The van der Waals surface area contributed by atoms with Crippen molar-refractivity contribution >= 4 is 28.9 Å². The Hall–Kier alpha value is -2.55. The number of hydrogen-bond donors (Lipinski definition) is 2. The Morgan fingerprint density at radius 3 is 2.71 bits per heavy atom. The molecule has 0 spiro atoms. The van der Waals surface area contributed by atoms with Crippen molar-refractivity contribution in [3.63, 3.8) is 0 Å². The number of nitriles is 1. The van der Waals surface area contributed by atoms with Gasteiger partial charge in [0.05, 0.1) is 17.8 Å². The molecule has 0 saturated carbocycles. The molecule has 0 fully saturated rings. The van der Waals surface area contributed by atoms with Crippen LogP contribution in [0.4, 0.5) is 11.4 Å². The molecule has 0 bridgehead atoms. The summed E-state index contributed by atoms with van der Waals surface area (Å²) >= 11 is 5.97. The molecule has 1 aliphatic rings. The molecule has 0 aromatic heterocycles. The molecule has 6 heteroatoms. The van der Waals surface area contributed by atoms with Crippen molar-refractivity contribution in [2.45, 2.75) is 39.9 Å². The minimum absolute atomic E-state index is 0.119. The van der Waals surface area contributed by atoms with E-state index in [0.717, 1.165) is 18.8 Å². The smallest absolute Gasteiger partial charge is 0.243 e. The van der Waals surface area contributed by atoms with Gasteiger partial charge in [0.2, 0.25) is 5.91 Å². The molecule has 28 heavy (non-hydrogen) atoms. The van der Waals surface area contributed by atoms with E-state index in [1.54, 1.807) is 18.2 Å². The van der Waals surface area contributed by atoms with Crippen LogP contribution in [0.2, 0.25) is 5.02 Å². The molecular formula is C22H25ClN4O. The van der Waals surface area contributed by atoms with Crippen LogP contribution in [0, 0.1) is 17.2 Å². The Labute approximate surface area is 171 Å². The fraction of sp³-hybridized carbons (Fsp3) is 0.364. The summed E-state index contributed by atoms with van der Waals surface area (Å²) in [5.74, 6) is 0.366. The first-order valence-corrected chi connectivity index (χ1v) is 9.85. The summed E-state index contributed by atoms with van der Waals surface area (Å²) in [6.45, 7) is 8.67. The van der Waals surface area contributed by atoms with Gasteiger partial charge in [0.1, 0.15) is 6.07 Å². The van der Waals surface area contributed by atoms with Crippen molar-refractivity contribution in [2.75, 3.05) is 17.2 Å². The number of carbonyl (C=O) groups is 1. The van der Waals surface area contributed by atoms with Gasteiger partial charge in [-0.25, -0.2) is 0 Å². The van der Waals surface area contributed by atoms with Crippen LogP contribution in [0.5, 0.6) is 0 Å². The second-order valence-electron chi connectivity index (χ2n) is 7.54. The molecule has 0 saturated heterocycles. The van der Waals surface area contributed by atoms with Crippen LogP contribution in [0.1, 0.15) is 37.5 Å². The number of carbonyl (C=O) groups excluding carboxylic acids is 1. The second kappa shape index (κ2) is 8.64. The third-order valence-electron chi connectivity index (χ3n) is 5.36. The van der Waals surface area contributed by atoms with Gasteiger partial charge >= 0.3 is 0 Å². The van der Waals surface area contributed by atoms with Gasteiger partial charge in [-0.3, -0.25) is 9.69 Å². The van der Waals surface area contributed by atoms with Crippen molar-refractivity contribution in [3.05, 3.63) is 58.1 Å². The summed E-state index contributed by atoms with van der Waals surface area (Å²) in [6.07, 6.45) is 0. The fourth-order valence-corrected chi connectivity index (χ4v) is 3.58. The maximum Gasteiger partial charge on any atom is 0.243 e. The van der Waals surface area contributed by atoms with Gasteiger partial charge in [0.15, 0.2) is 0 Å². The topological polar surface area (TPSA) is 68.2 Å². The Kier molecular flexibility index (Phi) is 6.23. The fourth-order valence-electron chi connectivity index (χ4n) is 3.41. The van der Waals surface area contributed by atoms with Gasteiger partial charge in [0, 0.05) is 29.8 Å². The SMILES string of the molecule is CC(C)C(C)N1Cc2cccc(NCC(=O)Nc3cc(Cl)ccc3C#N)c2C1. The van der Waals surface area contributed by atoms with Crippen LogP contribution in [0.3, 0.4) is 0 Å². The third-order valence-corrected chi connectivity index (χ3v) is 5.60. The quantitative estimate of drug-likeness (QED) is 0.747. The molecule has 0 aliphatic carbocycles. The zero-order chi connectivity index (χ0) is 20.3. The summed E-state index contributed by atoms with van der Waals surface area (Å²) in [7, 11) is 0. The lowest BCUT2D eigenvalue weighted by Gasteiger charge is -2.27. The summed E-state index contributed by atoms with van der Waals surface area (Å²) in [5, 5.41) is 15.7. The van der Waals surface area contributed by atoms with Gasteiger partial charge in [0.25, 0.3) is 0 Å². The maximum absolute atomic E-state index is 12.4. The Bertz CT molecular complexity index is 919. The normalized spacial score (nSPS) is 14.4. The van der Waals surface area contributed by atoms with Crippen molar-refractivity contribution in [3.8, 4) is 6.07 Å². The number of nitrogens with zero attached hydrogens (tertiary/aromatic N) is 2. The standard InChI is InChI=1S/C22H25ClN4O/c1-14(2)15(3)27-12-17-5-4-6-20(19(17)13-27)25-11-22(28)26-21-9-18(23)8-7-16(21)10-24/h4-9,14-15,25H,11-13H2,1-3H3,(H,26,28). The number of amides is 1. The van der Waals surface area contributed by atoms with Crippen molar-refractivity contribution in [1.82, 2.24) is 4.90 Å². The highest BCUT2D eigenvalue weighted by Crippen LogP contribution is 2.32. The van der Waals surface area contributed by atoms with Gasteiger partial charge in [-0.15, -0.1) is 0 Å². The number of halogens is 1. The lowest BCUT2D eigenvalue weighted by molar-refractivity contribution is -0.114. The lowest BCUT2D eigenvalue weighted by Crippen LogP contribution is -2.32. The highest BCUT2D eigenvalue weighted by atomic mass is 35.5. The van der Waals surface area contributed by atoms with Crippen LogP contribution in [0.25, 0.3) is 0 Å². The molecule has 146 valence electrons. The Morgan fingerprint density at radius 1 is 1.21 bits per heavy atom. The maximum atomic E-state index is 12.4. The van der Waals surface area contributed by atoms with E-state index in [9.17, 15) is 10.1 Å². The molecule has 2 aromatic carbocycles. The predicted molar refractivity (Wildman–Crippen MR) is 113 cm³/mol. The molecule has 1 heterocycles. The number of benzene rings is 2. The summed E-state index contributed by atoms with van der Waals surface area (Å²) in [4.78, 5) is 14.9. The van der Waals surface area contributed by atoms with E-state index in [2.05, 4.69) is 48.4 Å². The van der Waals surface area contributed by atoms with Gasteiger partial charge in [-0.05, 0) is 48.2 Å². The summed E-state index contributed by atoms with van der Waals surface area (Å²) < 4.78 is 0. The highest BCUT2D eigenvalue weighted by Gasteiger charge is 2.26. The lowest BCUT2D eigenvalue weighted by atomic mass is 10.1. The van der Waals surface area contributed by atoms with Crippen LogP contribution >= 0.6 is 11.6 Å². The number of rotatable bonds is 6. The first kappa shape index (κ1) is 20.2. The second-order valence-corrected chi connectivity index (χ2v) is 7.97. The van der Waals surface area contributed by atoms with E-state index in [1.807, 2.05) is 12.1 Å². The molecule has 1 unspecified atom stereocenters. The number of anilines is 2. The molecule has 0 radical (unpaired) electrons. The minimum Gasteiger partial charge on any atom is -0.376 e. The molecule has 1 aliphatic heterocycles. The predicted octanol–water partition coefficient (Wildman–Crippen LogP) is 4.62. The largest absolute Gasteiger partial charge is 0.376 e. The van der Waals surface area contributed by atoms with Crippen LogP contribution in [-0.2, 0) is 17.9 Å². The number of nitrogens with one attached hydrogen (secondary N) is 2.